The quantitative estimate of drug-likeness (QED) is 0.309. The van der Waals surface area contributed by atoms with E-state index in [9.17, 15) is 10.1 Å². The number of anilines is 3. The van der Waals surface area contributed by atoms with Gasteiger partial charge >= 0.3 is 5.69 Å². The molecule has 2 rings (SSSR count). The van der Waals surface area contributed by atoms with Crippen molar-refractivity contribution in [2.45, 2.75) is 0 Å². The number of nitro groups is 1. The summed E-state index contributed by atoms with van der Waals surface area (Å²) >= 11 is 7.92. The van der Waals surface area contributed by atoms with E-state index in [1.54, 1.807) is 18.2 Å². The highest BCUT2D eigenvalue weighted by molar-refractivity contribution is 14.1. The van der Waals surface area contributed by atoms with Crippen LogP contribution in [0.15, 0.2) is 24.4 Å². The van der Waals surface area contributed by atoms with E-state index in [0.29, 0.717) is 10.7 Å². The Labute approximate surface area is 132 Å². The van der Waals surface area contributed by atoms with E-state index < -0.39 is 4.92 Å². The Morgan fingerprint density at radius 1 is 1.45 bits per heavy atom. The van der Waals surface area contributed by atoms with Crippen LogP contribution in [0.1, 0.15) is 0 Å². The molecule has 0 fully saturated rings. The lowest BCUT2D eigenvalue weighted by Crippen LogP contribution is -2.12. The van der Waals surface area contributed by atoms with Crippen molar-refractivity contribution in [3.05, 3.63) is 43.1 Å². The third-order valence-corrected chi connectivity index (χ3v) is 3.41. The maximum atomic E-state index is 11.0. The highest BCUT2D eigenvalue weighted by atomic mass is 127. The van der Waals surface area contributed by atoms with Crippen LogP contribution in [0.25, 0.3) is 0 Å². The number of aromatic nitrogens is 2. The molecule has 4 N–H and O–H groups in total. The van der Waals surface area contributed by atoms with Gasteiger partial charge in [0.15, 0.2) is 0 Å². The number of nitrogens with one attached hydrogen (secondary N) is 2. The fraction of sp³-hybridized carbons (Fsp3) is 0. The second-order valence-electron chi connectivity index (χ2n) is 3.58. The molecule has 0 aliphatic carbocycles. The molecule has 20 heavy (non-hydrogen) atoms. The van der Waals surface area contributed by atoms with Gasteiger partial charge in [0.05, 0.1) is 10.6 Å². The van der Waals surface area contributed by atoms with Crippen LogP contribution in [0, 0.1) is 13.7 Å². The maximum Gasteiger partial charge on any atom is 0.329 e. The third-order valence-electron chi connectivity index (χ3n) is 2.28. The first-order valence-electron chi connectivity index (χ1n) is 5.21. The lowest BCUT2D eigenvalue weighted by Gasteiger charge is -2.09. The van der Waals surface area contributed by atoms with Gasteiger partial charge in [-0.1, -0.05) is 11.6 Å². The Morgan fingerprint density at radius 2 is 2.20 bits per heavy atom. The molecule has 2 aromatic rings. The Bertz CT molecular complexity index is 668. The van der Waals surface area contributed by atoms with Crippen LogP contribution in [-0.2, 0) is 0 Å². The van der Waals surface area contributed by atoms with Crippen molar-refractivity contribution in [2.75, 3.05) is 10.7 Å². The smallest absolute Gasteiger partial charge is 0.329 e. The summed E-state index contributed by atoms with van der Waals surface area (Å²) in [7, 11) is 0. The van der Waals surface area contributed by atoms with Crippen molar-refractivity contribution in [3.8, 4) is 0 Å². The van der Waals surface area contributed by atoms with Crippen molar-refractivity contribution in [1.82, 2.24) is 9.97 Å². The molecule has 0 aliphatic rings. The molecular weight excluding hydrogens is 399 g/mol. The Balaban J connectivity index is 2.43. The number of hydrazine groups is 1. The van der Waals surface area contributed by atoms with Gasteiger partial charge in [0.25, 0.3) is 0 Å². The van der Waals surface area contributed by atoms with E-state index in [0.717, 1.165) is 9.77 Å². The summed E-state index contributed by atoms with van der Waals surface area (Å²) < 4.78 is 0.797. The van der Waals surface area contributed by atoms with Crippen LogP contribution in [0.4, 0.5) is 23.1 Å². The molecule has 10 heteroatoms. The van der Waals surface area contributed by atoms with Gasteiger partial charge < -0.3 is 5.32 Å². The van der Waals surface area contributed by atoms with Crippen molar-refractivity contribution >= 4 is 57.3 Å². The predicted octanol–water partition coefficient (Wildman–Crippen LogP) is 2.67. The number of hydrogen-bond donors (Lipinski definition) is 3. The largest absolute Gasteiger partial charge is 0.333 e. The van der Waals surface area contributed by atoms with Crippen LogP contribution < -0.4 is 16.6 Å². The van der Waals surface area contributed by atoms with Gasteiger partial charge in [0, 0.05) is 8.59 Å². The minimum atomic E-state index is -0.578. The summed E-state index contributed by atoms with van der Waals surface area (Å²) in [5.74, 6) is 5.31. The van der Waals surface area contributed by atoms with Crippen molar-refractivity contribution in [2.24, 2.45) is 5.84 Å². The van der Waals surface area contributed by atoms with Crippen LogP contribution in [-0.4, -0.2) is 14.9 Å². The van der Waals surface area contributed by atoms with Gasteiger partial charge in [0.1, 0.15) is 6.20 Å². The summed E-state index contributed by atoms with van der Waals surface area (Å²) in [4.78, 5) is 18.0. The highest BCUT2D eigenvalue weighted by Gasteiger charge is 2.18. The second kappa shape index (κ2) is 6.15. The summed E-state index contributed by atoms with van der Waals surface area (Å²) in [5.41, 5.74) is 2.62. The molecule has 0 atom stereocenters. The molecule has 1 heterocycles. The lowest BCUT2D eigenvalue weighted by molar-refractivity contribution is -0.384. The van der Waals surface area contributed by atoms with Gasteiger partial charge in [-0.2, -0.15) is 4.98 Å². The molecule has 0 amide bonds. The standard InChI is InChI=1S/C10H8ClIN6O2/c11-5-1-2-7(6(12)3-5)15-9-8(18(19)20)4-14-10(16-9)17-13/h1-4H,13H2,(H2,14,15,16,17). The van der Waals surface area contributed by atoms with Gasteiger partial charge in [-0.05, 0) is 40.8 Å². The molecule has 0 saturated heterocycles. The zero-order valence-electron chi connectivity index (χ0n) is 9.80. The summed E-state index contributed by atoms with van der Waals surface area (Å²) in [6, 6.07) is 5.09. The number of rotatable bonds is 4. The van der Waals surface area contributed by atoms with E-state index >= 15 is 0 Å². The maximum absolute atomic E-state index is 11.0. The van der Waals surface area contributed by atoms with Gasteiger partial charge in [-0.25, -0.2) is 10.8 Å². The van der Waals surface area contributed by atoms with E-state index in [1.807, 2.05) is 0 Å². The van der Waals surface area contributed by atoms with Crippen molar-refractivity contribution in [3.63, 3.8) is 0 Å². The molecule has 1 aromatic carbocycles. The fourth-order valence-electron chi connectivity index (χ4n) is 1.39. The molecule has 104 valence electrons. The number of halogens is 2. The topological polar surface area (TPSA) is 119 Å². The van der Waals surface area contributed by atoms with Gasteiger partial charge in [0.2, 0.25) is 11.8 Å². The average Bonchev–Trinajstić information content (AvgIpc) is 2.41. The average molecular weight is 407 g/mol. The predicted molar refractivity (Wildman–Crippen MR) is 83.9 cm³/mol. The Hall–Kier alpha value is -1.72. The fourth-order valence-corrected chi connectivity index (χ4v) is 2.40. The SMILES string of the molecule is NNc1ncc([N+](=O)[O-])c(Nc2ccc(Cl)cc2I)n1. The summed E-state index contributed by atoms with van der Waals surface area (Å²) in [6.07, 6.45) is 1.08. The number of nitrogen functional groups attached to an aromatic ring is 1. The highest BCUT2D eigenvalue weighted by Crippen LogP contribution is 2.29. The number of hydrogen-bond acceptors (Lipinski definition) is 7. The van der Waals surface area contributed by atoms with Crippen molar-refractivity contribution in [1.29, 1.82) is 0 Å². The molecule has 0 aliphatic heterocycles. The first-order valence-corrected chi connectivity index (χ1v) is 6.67. The van der Waals surface area contributed by atoms with E-state index in [4.69, 9.17) is 17.4 Å². The van der Waals surface area contributed by atoms with Crippen LogP contribution in [0.5, 0.6) is 0 Å². The zero-order chi connectivity index (χ0) is 14.7. The second-order valence-corrected chi connectivity index (χ2v) is 5.18. The van der Waals surface area contributed by atoms with Crippen molar-refractivity contribution < 1.29 is 4.92 Å². The van der Waals surface area contributed by atoms with E-state index in [1.165, 1.54) is 0 Å². The van der Waals surface area contributed by atoms with E-state index in [2.05, 4.69) is 43.3 Å². The zero-order valence-corrected chi connectivity index (χ0v) is 12.7. The summed E-state index contributed by atoms with van der Waals surface area (Å²) in [6.45, 7) is 0. The van der Waals surface area contributed by atoms with Crippen LogP contribution in [0.2, 0.25) is 5.02 Å². The monoisotopic (exact) mass is 406 g/mol. The Kier molecular flexibility index (Phi) is 4.52. The molecule has 1 aromatic heterocycles. The molecule has 8 nitrogen and oxygen atoms in total. The number of nitrogens with two attached hydrogens (primary N) is 1. The van der Waals surface area contributed by atoms with Crippen LogP contribution >= 0.6 is 34.2 Å². The van der Waals surface area contributed by atoms with Gasteiger partial charge in [-0.15, -0.1) is 0 Å². The minimum absolute atomic E-state index is 0.0400. The molecule has 0 radical (unpaired) electrons. The molecule has 0 saturated carbocycles. The van der Waals surface area contributed by atoms with Crippen LogP contribution in [0.3, 0.4) is 0 Å². The van der Waals surface area contributed by atoms with Gasteiger partial charge in [-0.3, -0.25) is 15.5 Å². The Morgan fingerprint density at radius 3 is 2.80 bits per heavy atom. The first kappa shape index (κ1) is 14.7. The molecule has 0 bridgehead atoms. The molecule has 0 spiro atoms. The minimum Gasteiger partial charge on any atom is -0.333 e. The van der Waals surface area contributed by atoms with E-state index in [-0.39, 0.29) is 17.5 Å². The number of benzene rings is 1. The normalized spacial score (nSPS) is 10.2. The molecule has 0 unspecified atom stereocenters. The first-order chi connectivity index (χ1) is 9.51. The number of nitrogens with zero attached hydrogens (tertiary/aromatic N) is 3. The third kappa shape index (κ3) is 3.23. The summed E-state index contributed by atoms with van der Waals surface area (Å²) in [5, 5.41) is 14.4. The molecular formula is C10H8ClIN6O2. The lowest BCUT2D eigenvalue weighted by atomic mass is 10.3.